The molecule has 2 amide bonds. The third-order valence-electron chi connectivity index (χ3n) is 8.89. The first-order chi connectivity index (χ1) is 24.4. The molecule has 3 aliphatic rings. The van der Waals surface area contributed by atoms with Crippen molar-refractivity contribution in [2.24, 2.45) is 0 Å². The van der Waals surface area contributed by atoms with Crippen molar-refractivity contribution < 1.29 is 38.1 Å². The molecule has 0 saturated heterocycles. The van der Waals surface area contributed by atoms with Crippen molar-refractivity contribution in [1.29, 1.82) is 0 Å². The molecule has 2 atom stereocenters. The zero-order valence-electron chi connectivity index (χ0n) is 30.4. The van der Waals surface area contributed by atoms with Gasteiger partial charge in [0, 0.05) is 37.8 Å². The van der Waals surface area contributed by atoms with Gasteiger partial charge in [-0.05, 0) is 55.9 Å². The Morgan fingerprint density at radius 1 is 0.740 bits per heavy atom. The zero-order chi connectivity index (χ0) is 35.8. The Morgan fingerprint density at radius 2 is 1.38 bits per heavy atom. The van der Waals surface area contributed by atoms with E-state index in [1.807, 2.05) is 37.3 Å². The number of hydrogen-bond donors (Lipinski definition) is 0. The molecule has 2 unspecified atom stereocenters. The number of nitrogens with zero attached hydrogens (tertiary/aromatic N) is 1. The molecule has 1 heterocycles. The van der Waals surface area contributed by atoms with Crippen LogP contribution in [0.1, 0.15) is 123 Å². The summed E-state index contributed by atoms with van der Waals surface area (Å²) in [5, 5.41) is 0. The van der Waals surface area contributed by atoms with Crippen LogP contribution >= 0.6 is 0 Å². The lowest BCUT2D eigenvalue weighted by Gasteiger charge is -2.23. The van der Waals surface area contributed by atoms with Crippen molar-refractivity contribution in [3.05, 3.63) is 71.6 Å². The van der Waals surface area contributed by atoms with Gasteiger partial charge in [-0.1, -0.05) is 103 Å². The molecule has 1 aliphatic heterocycles. The normalized spacial score (nSPS) is 18.8. The molecule has 0 N–H and O–H groups in total. The third kappa shape index (κ3) is 15.9. The second kappa shape index (κ2) is 24.4. The predicted octanol–water partition coefficient (Wildman–Crippen LogP) is 8.32. The highest BCUT2D eigenvalue weighted by molar-refractivity contribution is 6.12. The van der Waals surface area contributed by atoms with Gasteiger partial charge in [-0.2, -0.15) is 0 Å². The van der Waals surface area contributed by atoms with E-state index in [9.17, 15) is 19.2 Å². The first-order valence-corrected chi connectivity index (χ1v) is 19.1. The van der Waals surface area contributed by atoms with Gasteiger partial charge in [0.2, 0.25) is 0 Å². The molecule has 9 nitrogen and oxygen atoms in total. The Hall–Kier alpha value is -3.72. The summed E-state index contributed by atoms with van der Waals surface area (Å²) >= 11 is 0. The molecule has 2 aliphatic carbocycles. The second-order valence-corrected chi connectivity index (χ2v) is 13.1. The highest BCUT2D eigenvalue weighted by Crippen LogP contribution is 2.26. The Bertz CT molecular complexity index is 1250. The van der Waals surface area contributed by atoms with E-state index >= 15 is 0 Å². The maximum Gasteiger partial charge on any atom is 0.342 e. The van der Waals surface area contributed by atoms with Crippen LogP contribution in [0.4, 0.5) is 0 Å². The van der Waals surface area contributed by atoms with Crippen LogP contribution in [-0.4, -0.2) is 67.2 Å². The number of rotatable bonds is 26. The average Bonchev–Trinajstić information content (AvgIpc) is 3.44. The van der Waals surface area contributed by atoms with E-state index in [2.05, 4.69) is 6.92 Å². The van der Waals surface area contributed by atoms with E-state index in [1.54, 1.807) is 6.08 Å². The molecule has 0 aromatic rings. The second-order valence-electron chi connectivity index (χ2n) is 13.1. The number of hydrogen-bond acceptors (Lipinski definition) is 8. The number of imide groups is 1. The number of carbonyl (C=O) groups is 4. The van der Waals surface area contributed by atoms with Gasteiger partial charge >= 0.3 is 11.9 Å². The molecule has 3 rings (SSSR count). The molecule has 0 radical (unpaired) electrons. The fraction of sp³-hybridized carbons (Fsp3) is 0.610. The van der Waals surface area contributed by atoms with Gasteiger partial charge in [-0.15, -0.1) is 0 Å². The SMILES string of the molecule is CCCCCCOC1C=C(OCCCCCCCCCCCN2C(=O)C=CC2=O)C(C(=O)OC2C=CC(/C=C/C(=O)OCCCC)=CC2)=CC1. The number of esters is 2. The average molecular weight is 694 g/mol. The lowest BCUT2D eigenvalue weighted by Crippen LogP contribution is -2.30. The maximum atomic E-state index is 13.3. The van der Waals surface area contributed by atoms with Crippen LogP contribution in [0.25, 0.3) is 0 Å². The molecule has 0 bridgehead atoms. The number of allylic oxidation sites excluding steroid dienone is 3. The minimum atomic E-state index is -0.408. The van der Waals surface area contributed by atoms with Gasteiger partial charge in [-0.3, -0.25) is 14.5 Å². The summed E-state index contributed by atoms with van der Waals surface area (Å²) in [7, 11) is 0. The lowest BCUT2D eigenvalue weighted by atomic mass is 10.0. The molecular formula is C41H59NO8. The van der Waals surface area contributed by atoms with Crippen LogP contribution in [0, 0.1) is 0 Å². The van der Waals surface area contributed by atoms with E-state index in [1.165, 1.54) is 42.4 Å². The van der Waals surface area contributed by atoms with Crippen molar-refractivity contribution in [3.8, 4) is 0 Å². The van der Waals surface area contributed by atoms with Gasteiger partial charge in [0.15, 0.2) is 0 Å². The van der Waals surface area contributed by atoms with Crippen LogP contribution in [0.5, 0.6) is 0 Å². The fourth-order valence-electron chi connectivity index (χ4n) is 5.85. The minimum Gasteiger partial charge on any atom is -0.493 e. The number of ether oxygens (including phenoxy) is 4. The number of carbonyl (C=O) groups excluding carboxylic acids is 4. The van der Waals surface area contributed by atoms with Crippen LogP contribution in [0.3, 0.4) is 0 Å². The third-order valence-corrected chi connectivity index (χ3v) is 8.89. The highest BCUT2D eigenvalue weighted by Gasteiger charge is 2.26. The summed E-state index contributed by atoms with van der Waals surface area (Å²) < 4.78 is 23.3. The highest BCUT2D eigenvalue weighted by atomic mass is 16.5. The van der Waals surface area contributed by atoms with Crippen molar-refractivity contribution in [1.82, 2.24) is 4.90 Å². The van der Waals surface area contributed by atoms with E-state index < -0.39 is 12.1 Å². The van der Waals surface area contributed by atoms with Gasteiger partial charge < -0.3 is 18.9 Å². The minimum absolute atomic E-state index is 0.128. The molecule has 0 aromatic heterocycles. The predicted molar refractivity (Wildman–Crippen MR) is 195 cm³/mol. The van der Waals surface area contributed by atoms with Gasteiger partial charge in [-0.25, -0.2) is 9.59 Å². The first kappa shape index (κ1) is 40.7. The van der Waals surface area contributed by atoms with Crippen LogP contribution < -0.4 is 0 Å². The summed E-state index contributed by atoms with van der Waals surface area (Å²) in [6.45, 7) is 6.37. The molecule has 0 spiro atoms. The van der Waals surface area contributed by atoms with E-state index in [0.29, 0.717) is 50.5 Å². The Morgan fingerprint density at radius 3 is 2.06 bits per heavy atom. The van der Waals surface area contributed by atoms with E-state index in [4.69, 9.17) is 18.9 Å². The first-order valence-electron chi connectivity index (χ1n) is 19.1. The summed E-state index contributed by atoms with van der Waals surface area (Å²) in [6, 6.07) is 0. The van der Waals surface area contributed by atoms with Crippen molar-refractivity contribution in [3.63, 3.8) is 0 Å². The monoisotopic (exact) mass is 693 g/mol. The van der Waals surface area contributed by atoms with Crippen molar-refractivity contribution >= 4 is 23.8 Å². The Kier molecular flexibility index (Phi) is 19.9. The molecule has 276 valence electrons. The van der Waals surface area contributed by atoms with Crippen molar-refractivity contribution in [2.45, 2.75) is 135 Å². The molecule has 50 heavy (non-hydrogen) atoms. The van der Waals surface area contributed by atoms with Crippen molar-refractivity contribution in [2.75, 3.05) is 26.4 Å². The largest absolute Gasteiger partial charge is 0.493 e. The number of unbranched alkanes of at least 4 members (excludes halogenated alkanes) is 12. The smallest absolute Gasteiger partial charge is 0.342 e. The van der Waals surface area contributed by atoms with Crippen LogP contribution in [0.15, 0.2) is 71.6 Å². The van der Waals surface area contributed by atoms with Crippen LogP contribution in [0.2, 0.25) is 0 Å². The molecule has 0 saturated carbocycles. The van der Waals surface area contributed by atoms with Gasteiger partial charge in [0.25, 0.3) is 11.8 Å². The Balaban J connectivity index is 1.37. The molecule has 0 aromatic carbocycles. The maximum absolute atomic E-state index is 13.3. The molecule has 9 heteroatoms. The van der Waals surface area contributed by atoms with Gasteiger partial charge in [0.05, 0.1) is 24.9 Å². The van der Waals surface area contributed by atoms with Gasteiger partial charge in [0.1, 0.15) is 11.9 Å². The summed E-state index contributed by atoms with van der Waals surface area (Å²) in [5.41, 5.74) is 1.32. The van der Waals surface area contributed by atoms with E-state index in [0.717, 1.165) is 82.6 Å². The summed E-state index contributed by atoms with van der Waals surface area (Å²) in [6.07, 6.45) is 31.7. The standard InChI is InChI=1S/C41H59NO8/c1-3-5-7-16-30-47-35-23-24-36(41(46)50-34-21-18-33(19-22-34)20-27-40(45)49-29-6-4-2)37(32-35)48-31-17-14-12-10-8-9-11-13-15-28-42-38(43)25-26-39(42)44/h18-21,24-27,32,34-35H,3-17,22-23,28-31H2,1-2H3/b27-20+. The quantitative estimate of drug-likeness (QED) is 0.0385. The zero-order valence-corrected chi connectivity index (χ0v) is 30.4. The lowest BCUT2D eigenvalue weighted by molar-refractivity contribution is -0.142. The van der Waals surface area contributed by atoms with Crippen LogP contribution in [-0.2, 0) is 38.1 Å². The number of amides is 2. The summed E-state index contributed by atoms with van der Waals surface area (Å²) in [5.74, 6) is -0.629. The summed E-state index contributed by atoms with van der Waals surface area (Å²) in [4.78, 5) is 49.7. The van der Waals surface area contributed by atoms with E-state index in [-0.39, 0.29) is 23.9 Å². The Labute approximate surface area is 299 Å². The molecular weight excluding hydrogens is 634 g/mol. The fourth-order valence-corrected chi connectivity index (χ4v) is 5.85. The molecule has 0 fully saturated rings. The topological polar surface area (TPSA) is 108 Å².